The summed E-state index contributed by atoms with van der Waals surface area (Å²) >= 11 is 0. The molecule has 1 rings (SSSR count). The maximum absolute atomic E-state index is 11.2. The summed E-state index contributed by atoms with van der Waals surface area (Å²) in [6, 6.07) is 0. The van der Waals surface area contributed by atoms with E-state index in [0.717, 1.165) is 6.42 Å². The Bertz CT molecular complexity index is 399. The van der Waals surface area contributed by atoms with Gasteiger partial charge >= 0.3 is 0 Å². The second-order valence-electron chi connectivity index (χ2n) is 4.20. The highest BCUT2D eigenvalue weighted by atomic mass is 16.2. The molecule has 0 unspecified atom stereocenters. The molecule has 0 aromatic rings. The van der Waals surface area contributed by atoms with E-state index in [1.807, 2.05) is 0 Å². The molecule has 0 aliphatic carbocycles. The Morgan fingerprint density at radius 3 is 2.26 bits per heavy atom. The van der Waals surface area contributed by atoms with Gasteiger partial charge in [-0.25, -0.2) is 0 Å². The van der Waals surface area contributed by atoms with Crippen LogP contribution in [0, 0.1) is 0 Å². The fourth-order valence-corrected chi connectivity index (χ4v) is 1.60. The Morgan fingerprint density at radius 1 is 1.05 bits per heavy atom. The molecule has 0 spiro atoms. The highest BCUT2D eigenvalue weighted by Crippen LogP contribution is 2.07. The van der Waals surface area contributed by atoms with E-state index in [-0.39, 0.29) is 23.6 Å². The number of carbonyl (C=O) groups excluding carboxylic acids is 4. The maximum Gasteiger partial charge on any atom is 0.253 e. The van der Waals surface area contributed by atoms with Crippen molar-refractivity contribution in [1.82, 2.24) is 15.8 Å². The van der Waals surface area contributed by atoms with Gasteiger partial charge < -0.3 is 0 Å². The highest BCUT2D eigenvalue weighted by Gasteiger charge is 2.22. The summed E-state index contributed by atoms with van der Waals surface area (Å²) < 4.78 is 0. The monoisotopic (exact) mass is 267 g/mol. The Morgan fingerprint density at radius 2 is 1.68 bits per heavy atom. The Balaban J connectivity index is 2.05. The largest absolute Gasteiger partial charge is 0.275 e. The van der Waals surface area contributed by atoms with Crippen LogP contribution >= 0.6 is 0 Å². The van der Waals surface area contributed by atoms with Gasteiger partial charge in [0, 0.05) is 32.0 Å². The van der Waals surface area contributed by atoms with E-state index in [9.17, 15) is 19.2 Å². The summed E-state index contributed by atoms with van der Waals surface area (Å²) in [5, 5.41) is 0. The molecule has 1 aliphatic rings. The number of unbranched alkanes of at least 4 members (excludes halogenated alkanes) is 2. The van der Waals surface area contributed by atoms with Crippen molar-refractivity contribution in [3.63, 3.8) is 0 Å². The number of nitrogens with zero attached hydrogens (tertiary/aromatic N) is 1. The second-order valence-corrected chi connectivity index (χ2v) is 4.20. The molecule has 7 nitrogen and oxygen atoms in total. The number of amides is 4. The van der Waals surface area contributed by atoms with Crippen LogP contribution in [0.4, 0.5) is 0 Å². The Hall–Kier alpha value is -2.18. The van der Waals surface area contributed by atoms with Crippen molar-refractivity contribution in [3.8, 4) is 0 Å². The van der Waals surface area contributed by atoms with Crippen LogP contribution in [0.15, 0.2) is 12.2 Å². The van der Waals surface area contributed by atoms with Crippen molar-refractivity contribution >= 4 is 23.6 Å². The molecule has 0 aromatic heterocycles. The van der Waals surface area contributed by atoms with Crippen LogP contribution in [0.25, 0.3) is 0 Å². The SMILES string of the molecule is CC(=O)NNC(=O)CCCCCN1C(=O)C=CC1=O. The Kier molecular flexibility index (Phi) is 5.72. The molecule has 0 fully saturated rings. The van der Waals surface area contributed by atoms with E-state index in [4.69, 9.17) is 0 Å². The van der Waals surface area contributed by atoms with Crippen molar-refractivity contribution in [2.75, 3.05) is 6.54 Å². The summed E-state index contributed by atoms with van der Waals surface area (Å²) in [6.07, 6.45) is 4.82. The maximum atomic E-state index is 11.2. The summed E-state index contributed by atoms with van der Waals surface area (Å²) in [4.78, 5) is 45.4. The summed E-state index contributed by atoms with van der Waals surface area (Å²) in [5.41, 5.74) is 4.46. The fraction of sp³-hybridized carbons (Fsp3) is 0.500. The number of imide groups is 1. The number of carbonyl (C=O) groups is 4. The van der Waals surface area contributed by atoms with E-state index in [1.165, 1.54) is 24.0 Å². The third-order valence-electron chi connectivity index (χ3n) is 2.56. The standard InChI is InChI=1S/C12H17N3O4/c1-9(16)13-14-10(17)5-3-2-4-8-15-11(18)6-7-12(15)19/h6-7H,2-5,8H2,1H3,(H,13,16)(H,14,17). The third-order valence-corrected chi connectivity index (χ3v) is 2.56. The normalized spacial score (nSPS) is 13.8. The van der Waals surface area contributed by atoms with E-state index in [0.29, 0.717) is 25.8 Å². The zero-order valence-electron chi connectivity index (χ0n) is 10.8. The number of hydrogen-bond donors (Lipinski definition) is 2. The minimum Gasteiger partial charge on any atom is -0.275 e. The lowest BCUT2D eigenvalue weighted by Gasteiger charge is -2.13. The molecule has 0 bridgehead atoms. The molecule has 4 amide bonds. The molecule has 0 atom stereocenters. The first kappa shape index (κ1) is 14.9. The van der Waals surface area contributed by atoms with Gasteiger partial charge in [0.1, 0.15) is 0 Å². The lowest BCUT2D eigenvalue weighted by molar-refractivity contribution is -0.137. The average molecular weight is 267 g/mol. The molecule has 0 radical (unpaired) electrons. The first-order valence-corrected chi connectivity index (χ1v) is 6.09. The van der Waals surface area contributed by atoms with Crippen LogP contribution in [-0.4, -0.2) is 35.1 Å². The van der Waals surface area contributed by atoms with Gasteiger partial charge in [-0.05, 0) is 12.8 Å². The second kappa shape index (κ2) is 7.30. The van der Waals surface area contributed by atoms with E-state index < -0.39 is 0 Å². The number of nitrogens with one attached hydrogen (secondary N) is 2. The van der Waals surface area contributed by atoms with Crippen molar-refractivity contribution in [2.45, 2.75) is 32.6 Å². The first-order chi connectivity index (χ1) is 9.00. The van der Waals surface area contributed by atoms with Crippen LogP contribution in [0.1, 0.15) is 32.6 Å². The number of hydrazine groups is 1. The lowest BCUT2D eigenvalue weighted by atomic mass is 10.2. The summed E-state index contributed by atoms with van der Waals surface area (Å²) in [7, 11) is 0. The van der Waals surface area contributed by atoms with E-state index >= 15 is 0 Å². The quantitative estimate of drug-likeness (QED) is 0.390. The average Bonchev–Trinajstić information content (AvgIpc) is 2.67. The van der Waals surface area contributed by atoms with Gasteiger partial charge in [0.15, 0.2) is 0 Å². The van der Waals surface area contributed by atoms with Gasteiger partial charge in [-0.1, -0.05) is 6.42 Å². The molecule has 0 saturated carbocycles. The van der Waals surface area contributed by atoms with Crippen molar-refractivity contribution in [3.05, 3.63) is 12.2 Å². The molecular weight excluding hydrogens is 250 g/mol. The van der Waals surface area contributed by atoms with Crippen molar-refractivity contribution in [1.29, 1.82) is 0 Å². The van der Waals surface area contributed by atoms with Crippen LogP contribution < -0.4 is 10.9 Å². The fourth-order valence-electron chi connectivity index (χ4n) is 1.60. The van der Waals surface area contributed by atoms with Gasteiger partial charge in [0.25, 0.3) is 11.8 Å². The zero-order valence-corrected chi connectivity index (χ0v) is 10.8. The highest BCUT2D eigenvalue weighted by molar-refractivity contribution is 6.12. The topological polar surface area (TPSA) is 95.6 Å². The van der Waals surface area contributed by atoms with Crippen LogP contribution in [0.5, 0.6) is 0 Å². The van der Waals surface area contributed by atoms with Crippen LogP contribution in [0.2, 0.25) is 0 Å². The van der Waals surface area contributed by atoms with Crippen LogP contribution in [0.3, 0.4) is 0 Å². The molecule has 19 heavy (non-hydrogen) atoms. The van der Waals surface area contributed by atoms with Crippen LogP contribution in [-0.2, 0) is 19.2 Å². The van der Waals surface area contributed by atoms with Crippen molar-refractivity contribution in [2.24, 2.45) is 0 Å². The molecule has 1 aliphatic heterocycles. The predicted molar refractivity (Wildman–Crippen MR) is 66.3 cm³/mol. The number of hydrogen-bond acceptors (Lipinski definition) is 4. The van der Waals surface area contributed by atoms with Gasteiger partial charge in [-0.3, -0.25) is 34.9 Å². The molecule has 0 aromatic carbocycles. The minimum atomic E-state index is -0.327. The van der Waals surface area contributed by atoms with Gasteiger partial charge in [0.05, 0.1) is 0 Å². The summed E-state index contributed by atoms with van der Waals surface area (Å²) in [5.74, 6) is -1.15. The molecule has 0 saturated heterocycles. The predicted octanol–water partition coefficient (Wildman–Crippen LogP) is -0.361. The zero-order chi connectivity index (χ0) is 14.3. The molecule has 7 heteroatoms. The van der Waals surface area contributed by atoms with Gasteiger partial charge in [-0.2, -0.15) is 0 Å². The smallest absolute Gasteiger partial charge is 0.253 e. The van der Waals surface area contributed by atoms with Gasteiger partial charge in [-0.15, -0.1) is 0 Å². The third kappa shape index (κ3) is 5.33. The van der Waals surface area contributed by atoms with Crippen molar-refractivity contribution < 1.29 is 19.2 Å². The van der Waals surface area contributed by atoms with E-state index in [1.54, 1.807) is 0 Å². The Labute approximate surface area is 111 Å². The lowest BCUT2D eigenvalue weighted by Crippen LogP contribution is -2.40. The number of rotatable bonds is 6. The molecular formula is C12H17N3O4. The minimum absolute atomic E-state index is 0.259. The molecule has 1 heterocycles. The first-order valence-electron chi connectivity index (χ1n) is 6.09. The molecule has 104 valence electrons. The van der Waals surface area contributed by atoms with E-state index in [2.05, 4.69) is 10.9 Å². The van der Waals surface area contributed by atoms with Gasteiger partial charge in [0.2, 0.25) is 11.8 Å². The molecule has 2 N–H and O–H groups in total. The summed E-state index contributed by atoms with van der Waals surface area (Å²) in [6.45, 7) is 1.68.